The summed E-state index contributed by atoms with van der Waals surface area (Å²) in [6.07, 6.45) is 0. The van der Waals surface area contributed by atoms with Gasteiger partial charge < -0.3 is 10.0 Å². The summed E-state index contributed by atoms with van der Waals surface area (Å²) in [6.45, 7) is 6.74. The van der Waals surface area contributed by atoms with Gasteiger partial charge in [-0.25, -0.2) is 4.98 Å². The zero-order valence-corrected chi connectivity index (χ0v) is 15.4. The van der Waals surface area contributed by atoms with Crippen LogP contribution in [0, 0.1) is 6.92 Å². The minimum atomic E-state index is 0.217. The molecule has 134 valence electrons. The standard InChI is InChI=1S/C19H24BN5O/c1-14-18(20)19-21-16(15-5-3-2-4-6-15)13-17(25(19)22-14)24-9-7-23(8-10-24)11-12-26/h2-6,13,26H,7-12,20H2,1H3. The Labute approximate surface area is 154 Å². The molecular formula is C19H24BN5O. The lowest BCUT2D eigenvalue weighted by Gasteiger charge is -2.35. The van der Waals surface area contributed by atoms with Gasteiger partial charge in [0.1, 0.15) is 13.7 Å². The van der Waals surface area contributed by atoms with Crippen LogP contribution >= 0.6 is 0 Å². The van der Waals surface area contributed by atoms with E-state index in [1.54, 1.807) is 0 Å². The molecule has 1 saturated heterocycles. The fraction of sp³-hybridized carbons (Fsp3) is 0.368. The first-order chi connectivity index (χ1) is 12.7. The predicted molar refractivity (Wildman–Crippen MR) is 107 cm³/mol. The van der Waals surface area contributed by atoms with Crippen molar-refractivity contribution in [3.8, 4) is 11.3 Å². The third-order valence-electron chi connectivity index (χ3n) is 5.22. The molecule has 6 nitrogen and oxygen atoms in total. The van der Waals surface area contributed by atoms with E-state index in [2.05, 4.69) is 35.8 Å². The summed E-state index contributed by atoms with van der Waals surface area (Å²) >= 11 is 0. The Hall–Kier alpha value is -2.38. The highest BCUT2D eigenvalue weighted by atomic mass is 16.3. The van der Waals surface area contributed by atoms with Crippen molar-refractivity contribution in [2.45, 2.75) is 6.92 Å². The van der Waals surface area contributed by atoms with Crippen LogP contribution < -0.4 is 10.4 Å². The van der Waals surface area contributed by atoms with Gasteiger partial charge in [0.05, 0.1) is 18.0 Å². The van der Waals surface area contributed by atoms with E-state index in [9.17, 15) is 0 Å². The number of rotatable bonds is 4. The Morgan fingerprint density at radius 1 is 1.12 bits per heavy atom. The Balaban J connectivity index is 1.77. The highest BCUT2D eigenvalue weighted by Gasteiger charge is 2.21. The van der Waals surface area contributed by atoms with E-state index in [1.807, 2.05) is 29.6 Å². The first-order valence-electron chi connectivity index (χ1n) is 9.18. The van der Waals surface area contributed by atoms with Crippen molar-refractivity contribution >= 4 is 24.8 Å². The maximum atomic E-state index is 9.16. The third kappa shape index (κ3) is 3.08. The average molecular weight is 349 g/mol. The van der Waals surface area contributed by atoms with Crippen molar-refractivity contribution in [1.82, 2.24) is 19.5 Å². The molecule has 1 aliphatic heterocycles. The second kappa shape index (κ2) is 7.09. The van der Waals surface area contributed by atoms with E-state index in [4.69, 9.17) is 15.2 Å². The number of aryl methyl sites for hydroxylation is 1. The molecule has 26 heavy (non-hydrogen) atoms. The lowest BCUT2D eigenvalue weighted by molar-refractivity contribution is 0.188. The number of aromatic nitrogens is 3. The first-order valence-corrected chi connectivity index (χ1v) is 9.18. The molecule has 2 aromatic heterocycles. The number of aliphatic hydroxyl groups is 1. The highest BCUT2D eigenvalue weighted by Crippen LogP contribution is 2.25. The normalized spacial score (nSPS) is 15.7. The van der Waals surface area contributed by atoms with Gasteiger partial charge in [0.15, 0.2) is 5.65 Å². The van der Waals surface area contributed by atoms with Gasteiger partial charge in [-0.3, -0.25) is 4.90 Å². The predicted octanol–water partition coefficient (Wildman–Crippen LogP) is 0.0774. The summed E-state index contributed by atoms with van der Waals surface area (Å²) in [5.74, 6) is 1.09. The largest absolute Gasteiger partial charge is 0.395 e. The van der Waals surface area contributed by atoms with E-state index in [0.29, 0.717) is 0 Å². The number of aliphatic hydroxyl groups excluding tert-OH is 1. The number of β-amino-alcohol motifs (C(OH)–C–C–N with tert-alkyl or cyclic N) is 1. The SMILES string of the molecule is Bc1c(C)nn2c(N3CCN(CCO)CC3)cc(-c3ccccc3)nc12. The van der Waals surface area contributed by atoms with Crippen LogP contribution in [-0.2, 0) is 0 Å². The van der Waals surface area contributed by atoms with Gasteiger partial charge in [0, 0.05) is 44.4 Å². The van der Waals surface area contributed by atoms with Crippen LogP contribution in [0.2, 0.25) is 0 Å². The molecule has 0 unspecified atom stereocenters. The minimum Gasteiger partial charge on any atom is -0.395 e. The van der Waals surface area contributed by atoms with Crippen molar-refractivity contribution in [2.75, 3.05) is 44.2 Å². The number of nitrogens with zero attached hydrogens (tertiary/aromatic N) is 5. The summed E-state index contributed by atoms with van der Waals surface area (Å²) in [5, 5.41) is 13.9. The maximum absolute atomic E-state index is 9.16. The summed E-state index contributed by atoms with van der Waals surface area (Å²) in [4.78, 5) is 9.57. The molecule has 7 heteroatoms. The van der Waals surface area contributed by atoms with E-state index in [-0.39, 0.29) is 6.61 Å². The van der Waals surface area contributed by atoms with Crippen molar-refractivity contribution in [3.05, 3.63) is 42.1 Å². The molecule has 0 radical (unpaired) electrons. The van der Waals surface area contributed by atoms with Crippen LogP contribution in [0.25, 0.3) is 16.9 Å². The molecule has 3 heterocycles. The van der Waals surface area contributed by atoms with Crippen molar-refractivity contribution in [2.24, 2.45) is 0 Å². The van der Waals surface area contributed by atoms with Gasteiger partial charge in [-0.05, 0) is 12.4 Å². The monoisotopic (exact) mass is 349 g/mol. The third-order valence-corrected chi connectivity index (χ3v) is 5.22. The molecule has 1 N–H and O–H groups in total. The van der Waals surface area contributed by atoms with E-state index >= 15 is 0 Å². The smallest absolute Gasteiger partial charge is 0.151 e. The molecule has 4 rings (SSSR count). The van der Waals surface area contributed by atoms with Crippen LogP contribution in [0.3, 0.4) is 0 Å². The Morgan fingerprint density at radius 3 is 2.54 bits per heavy atom. The summed E-state index contributed by atoms with van der Waals surface area (Å²) in [5.41, 5.74) is 5.17. The van der Waals surface area contributed by atoms with E-state index in [0.717, 1.165) is 66.6 Å². The molecular weight excluding hydrogens is 325 g/mol. The number of benzene rings is 1. The van der Waals surface area contributed by atoms with E-state index in [1.165, 1.54) is 0 Å². The molecule has 0 aliphatic carbocycles. The van der Waals surface area contributed by atoms with Crippen molar-refractivity contribution in [3.63, 3.8) is 0 Å². The summed E-state index contributed by atoms with van der Waals surface area (Å²) in [6, 6.07) is 12.5. The van der Waals surface area contributed by atoms with Crippen LogP contribution in [0.5, 0.6) is 0 Å². The van der Waals surface area contributed by atoms with Gasteiger partial charge in [-0.1, -0.05) is 30.3 Å². The number of fused-ring (bicyclic) bond motifs is 1. The lowest BCUT2D eigenvalue weighted by Crippen LogP contribution is -2.47. The number of piperazine rings is 1. The second-order valence-corrected chi connectivity index (χ2v) is 6.86. The van der Waals surface area contributed by atoms with Gasteiger partial charge in [-0.15, -0.1) is 0 Å². The maximum Gasteiger partial charge on any atom is 0.151 e. The highest BCUT2D eigenvalue weighted by molar-refractivity contribution is 6.37. The Kier molecular flexibility index (Phi) is 4.65. The van der Waals surface area contributed by atoms with Crippen LogP contribution in [0.1, 0.15) is 5.69 Å². The zero-order valence-electron chi connectivity index (χ0n) is 15.4. The van der Waals surface area contributed by atoms with Crippen molar-refractivity contribution < 1.29 is 5.11 Å². The van der Waals surface area contributed by atoms with Crippen LogP contribution in [0.4, 0.5) is 5.82 Å². The van der Waals surface area contributed by atoms with Crippen molar-refractivity contribution in [1.29, 1.82) is 0 Å². The summed E-state index contributed by atoms with van der Waals surface area (Å²) < 4.78 is 1.98. The van der Waals surface area contributed by atoms with E-state index < -0.39 is 0 Å². The fourth-order valence-electron chi connectivity index (χ4n) is 3.54. The molecule has 0 saturated carbocycles. The minimum absolute atomic E-state index is 0.217. The number of hydrogen-bond acceptors (Lipinski definition) is 5. The Bertz CT molecular complexity index is 903. The molecule has 1 aromatic carbocycles. The molecule has 0 spiro atoms. The topological polar surface area (TPSA) is 56.9 Å². The van der Waals surface area contributed by atoms with Gasteiger partial charge in [-0.2, -0.15) is 9.61 Å². The molecule has 0 amide bonds. The fourth-order valence-corrected chi connectivity index (χ4v) is 3.54. The zero-order chi connectivity index (χ0) is 18.1. The van der Waals surface area contributed by atoms with Gasteiger partial charge in [0.2, 0.25) is 0 Å². The lowest BCUT2D eigenvalue weighted by atomic mass is 9.96. The first kappa shape index (κ1) is 17.1. The quantitative estimate of drug-likeness (QED) is 0.676. The molecule has 0 atom stereocenters. The van der Waals surface area contributed by atoms with Crippen LogP contribution in [0.15, 0.2) is 36.4 Å². The van der Waals surface area contributed by atoms with Gasteiger partial charge in [0.25, 0.3) is 0 Å². The Morgan fingerprint density at radius 2 is 1.85 bits per heavy atom. The van der Waals surface area contributed by atoms with Crippen LogP contribution in [-0.4, -0.2) is 71.8 Å². The molecule has 1 aliphatic rings. The average Bonchev–Trinajstić information content (AvgIpc) is 2.97. The second-order valence-electron chi connectivity index (χ2n) is 6.86. The number of hydrogen-bond donors (Lipinski definition) is 1. The molecule has 3 aromatic rings. The van der Waals surface area contributed by atoms with Gasteiger partial charge >= 0.3 is 0 Å². The molecule has 1 fully saturated rings. The molecule has 0 bridgehead atoms. The number of anilines is 1. The summed E-state index contributed by atoms with van der Waals surface area (Å²) in [7, 11) is 2.09.